The summed E-state index contributed by atoms with van der Waals surface area (Å²) in [7, 11) is -2.90. The Bertz CT molecular complexity index is 878. The molecule has 1 heterocycles. The van der Waals surface area contributed by atoms with Crippen molar-refractivity contribution in [3.63, 3.8) is 0 Å². The standard InChI is InChI=1S/C19H25F3N2O5S/c1-12(2)16(18(26)29-3)23-17(25)13-7-9-24(10-8-13)30(27,28)15-6-4-5-14(11-15)19(20,21)22/h4-6,11-13,16H,7-10H2,1-3H3,(H,23,25). The second-order valence-electron chi connectivity index (χ2n) is 7.46. The van der Waals surface area contributed by atoms with E-state index in [1.807, 2.05) is 0 Å². The summed E-state index contributed by atoms with van der Waals surface area (Å²) in [6.07, 6.45) is -4.27. The number of alkyl halides is 3. The van der Waals surface area contributed by atoms with Crippen molar-refractivity contribution < 1.29 is 35.9 Å². The Morgan fingerprint density at radius 2 is 1.80 bits per heavy atom. The lowest BCUT2D eigenvalue weighted by molar-refractivity contribution is -0.147. The molecule has 1 N–H and O–H groups in total. The summed E-state index contributed by atoms with van der Waals surface area (Å²) >= 11 is 0. The number of nitrogens with one attached hydrogen (secondary N) is 1. The van der Waals surface area contributed by atoms with Crippen LogP contribution >= 0.6 is 0 Å². The number of nitrogens with zero attached hydrogens (tertiary/aromatic N) is 1. The third kappa shape index (κ3) is 5.51. The van der Waals surface area contributed by atoms with Crippen molar-refractivity contribution in [3.8, 4) is 0 Å². The summed E-state index contributed by atoms with van der Waals surface area (Å²) in [5, 5.41) is 2.64. The lowest BCUT2D eigenvalue weighted by Crippen LogP contribution is -2.49. The van der Waals surface area contributed by atoms with E-state index < -0.39 is 44.6 Å². The Hall–Kier alpha value is -2.14. The van der Waals surface area contributed by atoms with Gasteiger partial charge in [0.15, 0.2) is 0 Å². The van der Waals surface area contributed by atoms with Crippen LogP contribution in [0.15, 0.2) is 29.2 Å². The van der Waals surface area contributed by atoms with E-state index in [0.29, 0.717) is 6.07 Å². The molecular formula is C19H25F3N2O5S. The van der Waals surface area contributed by atoms with Crippen LogP contribution in [0.25, 0.3) is 0 Å². The smallest absolute Gasteiger partial charge is 0.416 e. The highest BCUT2D eigenvalue weighted by molar-refractivity contribution is 7.89. The number of ether oxygens (including phenoxy) is 1. The second-order valence-corrected chi connectivity index (χ2v) is 9.40. The molecule has 1 amide bonds. The number of amides is 1. The van der Waals surface area contributed by atoms with Crippen molar-refractivity contribution in [2.75, 3.05) is 20.2 Å². The van der Waals surface area contributed by atoms with E-state index in [1.165, 1.54) is 7.11 Å². The molecule has 1 aromatic carbocycles. The number of rotatable bonds is 6. The zero-order valence-electron chi connectivity index (χ0n) is 16.9. The molecule has 0 bridgehead atoms. The molecule has 0 radical (unpaired) electrons. The number of hydrogen-bond donors (Lipinski definition) is 1. The highest BCUT2D eigenvalue weighted by Gasteiger charge is 2.36. The van der Waals surface area contributed by atoms with Crippen LogP contribution in [0.2, 0.25) is 0 Å². The number of esters is 1. The van der Waals surface area contributed by atoms with Crippen LogP contribution in [0.4, 0.5) is 13.2 Å². The van der Waals surface area contributed by atoms with Gasteiger partial charge >= 0.3 is 12.1 Å². The molecule has 0 aliphatic carbocycles. The van der Waals surface area contributed by atoms with Gasteiger partial charge < -0.3 is 10.1 Å². The van der Waals surface area contributed by atoms with Crippen LogP contribution in [0.3, 0.4) is 0 Å². The number of hydrogen-bond acceptors (Lipinski definition) is 5. The maximum Gasteiger partial charge on any atom is 0.416 e. The number of carbonyl (C=O) groups is 2. The number of methoxy groups -OCH3 is 1. The van der Waals surface area contributed by atoms with Crippen LogP contribution < -0.4 is 5.32 Å². The van der Waals surface area contributed by atoms with E-state index in [0.717, 1.165) is 22.5 Å². The number of benzene rings is 1. The van der Waals surface area contributed by atoms with Crippen molar-refractivity contribution in [1.82, 2.24) is 9.62 Å². The lowest BCUT2D eigenvalue weighted by Gasteiger charge is -2.31. The van der Waals surface area contributed by atoms with Gasteiger partial charge in [-0.2, -0.15) is 17.5 Å². The first kappa shape index (κ1) is 24.1. The molecule has 0 aromatic heterocycles. The average molecular weight is 450 g/mol. The summed E-state index contributed by atoms with van der Waals surface area (Å²) < 4.78 is 69.9. The topological polar surface area (TPSA) is 92.8 Å². The van der Waals surface area contributed by atoms with Gasteiger partial charge in [0.1, 0.15) is 6.04 Å². The number of halogens is 3. The molecular weight excluding hydrogens is 425 g/mol. The van der Waals surface area contributed by atoms with Crippen LogP contribution in [-0.2, 0) is 30.5 Å². The fourth-order valence-electron chi connectivity index (χ4n) is 3.24. The maximum atomic E-state index is 12.9. The minimum Gasteiger partial charge on any atom is -0.467 e. The average Bonchev–Trinajstić information content (AvgIpc) is 2.70. The summed E-state index contributed by atoms with van der Waals surface area (Å²) in [6, 6.07) is 2.77. The molecule has 2 rings (SSSR count). The summed E-state index contributed by atoms with van der Waals surface area (Å²) in [4.78, 5) is 23.9. The number of sulfonamides is 1. The van der Waals surface area contributed by atoms with E-state index in [9.17, 15) is 31.2 Å². The maximum absolute atomic E-state index is 12.9. The van der Waals surface area contributed by atoms with Crippen molar-refractivity contribution in [2.24, 2.45) is 11.8 Å². The third-order valence-corrected chi connectivity index (χ3v) is 6.94. The number of piperidine rings is 1. The normalized spacial score (nSPS) is 17.6. The minimum atomic E-state index is -4.65. The molecule has 7 nitrogen and oxygen atoms in total. The molecule has 168 valence electrons. The highest BCUT2D eigenvalue weighted by Crippen LogP contribution is 2.32. The predicted molar refractivity (Wildman–Crippen MR) is 102 cm³/mol. The molecule has 1 saturated heterocycles. The van der Waals surface area contributed by atoms with Crippen LogP contribution in [0.5, 0.6) is 0 Å². The summed E-state index contributed by atoms with van der Waals surface area (Å²) in [6.45, 7) is 3.49. The first-order valence-electron chi connectivity index (χ1n) is 9.43. The Kier molecular flexibility index (Phi) is 7.51. The van der Waals surface area contributed by atoms with Crippen molar-refractivity contribution in [1.29, 1.82) is 0 Å². The van der Waals surface area contributed by atoms with Gasteiger partial charge in [-0.25, -0.2) is 13.2 Å². The summed E-state index contributed by atoms with van der Waals surface area (Å²) in [5.74, 6) is -1.65. The van der Waals surface area contributed by atoms with Gasteiger partial charge in [-0.05, 0) is 37.0 Å². The van der Waals surface area contributed by atoms with Gasteiger partial charge in [-0.15, -0.1) is 0 Å². The van der Waals surface area contributed by atoms with Gasteiger partial charge in [-0.1, -0.05) is 19.9 Å². The van der Waals surface area contributed by atoms with Gasteiger partial charge in [0, 0.05) is 19.0 Å². The van der Waals surface area contributed by atoms with E-state index in [2.05, 4.69) is 10.1 Å². The van der Waals surface area contributed by atoms with Gasteiger partial charge in [-0.3, -0.25) is 4.79 Å². The molecule has 30 heavy (non-hydrogen) atoms. The Morgan fingerprint density at radius 3 is 2.30 bits per heavy atom. The molecule has 1 aliphatic heterocycles. The SMILES string of the molecule is COC(=O)C(NC(=O)C1CCN(S(=O)(=O)c2cccc(C(F)(F)F)c2)CC1)C(C)C. The summed E-state index contributed by atoms with van der Waals surface area (Å²) in [5.41, 5.74) is -1.04. The van der Waals surface area contributed by atoms with E-state index in [1.54, 1.807) is 13.8 Å². The Morgan fingerprint density at radius 1 is 1.20 bits per heavy atom. The van der Waals surface area contributed by atoms with Crippen LogP contribution in [-0.4, -0.2) is 50.8 Å². The van der Waals surface area contributed by atoms with Gasteiger partial charge in [0.25, 0.3) is 0 Å². The first-order valence-corrected chi connectivity index (χ1v) is 10.9. The zero-order chi connectivity index (χ0) is 22.7. The van der Waals surface area contributed by atoms with Crippen molar-refractivity contribution >= 4 is 21.9 Å². The quantitative estimate of drug-likeness (QED) is 0.672. The van der Waals surface area contributed by atoms with Crippen molar-refractivity contribution in [2.45, 2.75) is 43.8 Å². The third-order valence-electron chi connectivity index (χ3n) is 5.04. The molecule has 1 aliphatic rings. The number of carbonyl (C=O) groups excluding carboxylic acids is 2. The molecule has 1 fully saturated rings. The minimum absolute atomic E-state index is 0.0127. The molecule has 1 unspecified atom stereocenters. The van der Waals surface area contributed by atoms with Crippen molar-refractivity contribution in [3.05, 3.63) is 29.8 Å². The van der Waals surface area contributed by atoms with E-state index >= 15 is 0 Å². The zero-order valence-corrected chi connectivity index (χ0v) is 17.7. The monoisotopic (exact) mass is 450 g/mol. The first-order chi connectivity index (χ1) is 13.9. The Labute approximate surface area is 173 Å². The van der Waals surface area contributed by atoms with E-state index in [4.69, 9.17) is 0 Å². The second kappa shape index (κ2) is 9.34. The molecule has 1 aromatic rings. The lowest BCUT2D eigenvalue weighted by atomic mass is 9.95. The molecule has 11 heteroatoms. The fourth-order valence-corrected chi connectivity index (χ4v) is 4.75. The van der Waals surface area contributed by atoms with Crippen LogP contribution in [0, 0.1) is 11.8 Å². The predicted octanol–water partition coefficient (Wildman–Crippen LogP) is 2.42. The Balaban J connectivity index is 2.06. The van der Waals surface area contributed by atoms with Gasteiger partial charge in [0.2, 0.25) is 15.9 Å². The van der Waals surface area contributed by atoms with E-state index in [-0.39, 0.29) is 37.8 Å². The highest BCUT2D eigenvalue weighted by atomic mass is 32.2. The fraction of sp³-hybridized carbons (Fsp3) is 0.579. The largest absolute Gasteiger partial charge is 0.467 e. The van der Waals surface area contributed by atoms with Gasteiger partial charge in [0.05, 0.1) is 17.6 Å². The molecule has 1 atom stereocenters. The molecule has 0 spiro atoms. The molecule has 0 saturated carbocycles. The van der Waals surface area contributed by atoms with Crippen LogP contribution in [0.1, 0.15) is 32.3 Å².